The number of fused-ring (bicyclic) bond motifs is 1. The van der Waals surface area contributed by atoms with Gasteiger partial charge in [0.2, 0.25) is 10.0 Å². The van der Waals surface area contributed by atoms with E-state index in [0.717, 1.165) is 23.6 Å². The number of piperidine rings is 1. The predicted molar refractivity (Wildman–Crippen MR) is 82.7 cm³/mol. The fourth-order valence-electron chi connectivity index (χ4n) is 2.87. The quantitative estimate of drug-likeness (QED) is 0.876. The molecule has 0 saturated carbocycles. The Balaban J connectivity index is 1.98. The van der Waals surface area contributed by atoms with E-state index in [4.69, 9.17) is 4.74 Å². The SMILES string of the molecule is COC1CCN(S(=O)(=O)c2cccc3ccccc23)CC1. The molecular weight excluding hydrogens is 286 g/mol. The third kappa shape index (κ3) is 2.69. The topological polar surface area (TPSA) is 46.6 Å². The molecule has 5 heteroatoms. The maximum atomic E-state index is 12.9. The van der Waals surface area contributed by atoms with Crippen LogP contribution in [0.1, 0.15) is 12.8 Å². The van der Waals surface area contributed by atoms with Gasteiger partial charge in [0.25, 0.3) is 0 Å². The van der Waals surface area contributed by atoms with Crippen LogP contribution in [0, 0.1) is 0 Å². The van der Waals surface area contributed by atoms with Gasteiger partial charge in [-0.1, -0.05) is 36.4 Å². The van der Waals surface area contributed by atoms with Crippen LogP contribution in [-0.4, -0.2) is 39.0 Å². The Kier molecular flexibility index (Phi) is 3.97. The lowest BCUT2D eigenvalue weighted by Gasteiger charge is -2.30. The Bertz CT molecular complexity index is 729. The molecule has 0 N–H and O–H groups in total. The van der Waals surface area contributed by atoms with Crippen LogP contribution in [0.5, 0.6) is 0 Å². The Labute approximate surface area is 125 Å². The molecule has 0 aromatic heterocycles. The second-order valence-electron chi connectivity index (χ2n) is 5.32. The summed E-state index contributed by atoms with van der Waals surface area (Å²) < 4.78 is 32.6. The summed E-state index contributed by atoms with van der Waals surface area (Å²) in [5.74, 6) is 0. The molecule has 0 radical (unpaired) electrons. The minimum atomic E-state index is -3.44. The van der Waals surface area contributed by atoms with E-state index in [1.54, 1.807) is 23.5 Å². The smallest absolute Gasteiger partial charge is 0.243 e. The van der Waals surface area contributed by atoms with Gasteiger partial charge in [-0.2, -0.15) is 4.31 Å². The molecule has 1 heterocycles. The third-order valence-electron chi connectivity index (χ3n) is 4.10. The Hall–Kier alpha value is -1.43. The average molecular weight is 305 g/mol. The van der Waals surface area contributed by atoms with Crippen LogP contribution in [0.2, 0.25) is 0 Å². The molecule has 0 amide bonds. The number of hydrogen-bond acceptors (Lipinski definition) is 3. The van der Waals surface area contributed by atoms with Gasteiger partial charge in [0.15, 0.2) is 0 Å². The molecule has 0 atom stereocenters. The van der Waals surface area contributed by atoms with Gasteiger partial charge in [-0.25, -0.2) is 8.42 Å². The van der Waals surface area contributed by atoms with E-state index >= 15 is 0 Å². The van der Waals surface area contributed by atoms with Crippen molar-refractivity contribution in [1.82, 2.24) is 4.31 Å². The predicted octanol–water partition coefficient (Wildman–Crippen LogP) is 2.64. The van der Waals surface area contributed by atoms with Gasteiger partial charge < -0.3 is 4.74 Å². The largest absolute Gasteiger partial charge is 0.381 e. The number of hydrogen-bond donors (Lipinski definition) is 0. The molecule has 0 aliphatic carbocycles. The molecule has 2 aromatic rings. The Morgan fingerprint density at radius 1 is 1.05 bits per heavy atom. The summed E-state index contributed by atoms with van der Waals surface area (Å²) in [4.78, 5) is 0.400. The van der Waals surface area contributed by atoms with Gasteiger partial charge >= 0.3 is 0 Å². The van der Waals surface area contributed by atoms with Crippen LogP contribution in [-0.2, 0) is 14.8 Å². The zero-order valence-corrected chi connectivity index (χ0v) is 12.8. The summed E-state index contributed by atoms with van der Waals surface area (Å²) in [7, 11) is -1.76. The number of methoxy groups -OCH3 is 1. The number of ether oxygens (including phenoxy) is 1. The van der Waals surface area contributed by atoms with Gasteiger partial charge in [-0.3, -0.25) is 0 Å². The fourth-order valence-corrected chi connectivity index (χ4v) is 4.55. The van der Waals surface area contributed by atoms with Crippen molar-refractivity contribution in [3.8, 4) is 0 Å². The van der Waals surface area contributed by atoms with Gasteiger partial charge in [-0.05, 0) is 24.3 Å². The van der Waals surface area contributed by atoms with Crippen molar-refractivity contribution in [1.29, 1.82) is 0 Å². The van der Waals surface area contributed by atoms with E-state index in [9.17, 15) is 8.42 Å². The molecule has 0 unspecified atom stereocenters. The van der Waals surface area contributed by atoms with Crippen molar-refractivity contribution in [2.45, 2.75) is 23.8 Å². The maximum Gasteiger partial charge on any atom is 0.243 e. The first-order chi connectivity index (χ1) is 10.1. The van der Waals surface area contributed by atoms with Gasteiger partial charge in [0, 0.05) is 25.6 Å². The van der Waals surface area contributed by atoms with E-state index in [1.807, 2.05) is 30.3 Å². The van der Waals surface area contributed by atoms with Gasteiger partial charge in [0.1, 0.15) is 0 Å². The molecular formula is C16H19NO3S. The minimum Gasteiger partial charge on any atom is -0.381 e. The normalized spacial score (nSPS) is 18.1. The maximum absolute atomic E-state index is 12.9. The second-order valence-corrected chi connectivity index (χ2v) is 7.22. The molecule has 3 rings (SSSR count). The first kappa shape index (κ1) is 14.5. The molecule has 4 nitrogen and oxygen atoms in total. The van der Waals surface area contributed by atoms with Crippen molar-refractivity contribution in [2.24, 2.45) is 0 Å². The van der Waals surface area contributed by atoms with E-state index < -0.39 is 10.0 Å². The fraction of sp³-hybridized carbons (Fsp3) is 0.375. The van der Waals surface area contributed by atoms with Crippen molar-refractivity contribution in [3.05, 3.63) is 42.5 Å². The Morgan fingerprint density at radius 3 is 2.43 bits per heavy atom. The Morgan fingerprint density at radius 2 is 1.71 bits per heavy atom. The number of rotatable bonds is 3. The molecule has 1 saturated heterocycles. The summed E-state index contributed by atoms with van der Waals surface area (Å²) >= 11 is 0. The summed E-state index contributed by atoms with van der Waals surface area (Å²) in [5, 5.41) is 1.74. The summed E-state index contributed by atoms with van der Waals surface area (Å²) in [5.41, 5.74) is 0. The van der Waals surface area contributed by atoms with Gasteiger partial charge in [-0.15, -0.1) is 0 Å². The van der Waals surface area contributed by atoms with Crippen molar-refractivity contribution >= 4 is 20.8 Å². The summed E-state index contributed by atoms with van der Waals surface area (Å²) in [6, 6.07) is 13.0. The zero-order chi connectivity index (χ0) is 14.9. The lowest BCUT2D eigenvalue weighted by molar-refractivity contribution is 0.0604. The second kappa shape index (κ2) is 5.75. The highest BCUT2D eigenvalue weighted by atomic mass is 32.2. The summed E-state index contributed by atoms with van der Waals surface area (Å²) in [6.45, 7) is 1.04. The molecule has 1 fully saturated rings. The summed E-state index contributed by atoms with van der Waals surface area (Å²) in [6.07, 6.45) is 1.67. The molecule has 21 heavy (non-hydrogen) atoms. The molecule has 0 spiro atoms. The van der Waals surface area contributed by atoms with Gasteiger partial charge in [0.05, 0.1) is 11.0 Å². The number of nitrogens with zero attached hydrogens (tertiary/aromatic N) is 1. The van der Waals surface area contributed by atoms with Crippen LogP contribution < -0.4 is 0 Å². The first-order valence-corrected chi connectivity index (χ1v) is 8.57. The van der Waals surface area contributed by atoms with Crippen LogP contribution >= 0.6 is 0 Å². The lowest BCUT2D eigenvalue weighted by Crippen LogP contribution is -2.40. The van der Waals surface area contributed by atoms with Crippen molar-refractivity contribution in [2.75, 3.05) is 20.2 Å². The number of benzene rings is 2. The highest BCUT2D eigenvalue weighted by Crippen LogP contribution is 2.27. The van der Waals surface area contributed by atoms with Crippen molar-refractivity contribution < 1.29 is 13.2 Å². The first-order valence-electron chi connectivity index (χ1n) is 7.13. The highest BCUT2D eigenvalue weighted by Gasteiger charge is 2.30. The van der Waals surface area contributed by atoms with E-state index in [-0.39, 0.29) is 6.10 Å². The van der Waals surface area contributed by atoms with Crippen LogP contribution in [0.15, 0.2) is 47.4 Å². The van der Waals surface area contributed by atoms with Crippen LogP contribution in [0.4, 0.5) is 0 Å². The molecule has 1 aliphatic heterocycles. The van der Waals surface area contributed by atoms with E-state index in [2.05, 4.69) is 0 Å². The zero-order valence-electron chi connectivity index (χ0n) is 12.0. The standard InChI is InChI=1S/C16H19NO3S/c1-20-14-9-11-17(12-10-14)21(18,19)16-8-4-6-13-5-2-3-7-15(13)16/h2-8,14H,9-12H2,1H3. The molecule has 1 aliphatic rings. The van der Waals surface area contributed by atoms with Crippen molar-refractivity contribution in [3.63, 3.8) is 0 Å². The molecule has 2 aromatic carbocycles. The highest BCUT2D eigenvalue weighted by molar-refractivity contribution is 7.89. The van der Waals surface area contributed by atoms with Crippen LogP contribution in [0.3, 0.4) is 0 Å². The van der Waals surface area contributed by atoms with E-state index in [1.165, 1.54) is 0 Å². The monoisotopic (exact) mass is 305 g/mol. The average Bonchev–Trinajstić information content (AvgIpc) is 2.54. The number of sulfonamides is 1. The molecule has 112 valence electrons. The molecule has 0 bridgehead atoms. The minimum absolute atomic E-state index is 0.170. The van der Waals surface area contributed by atoms with Crippen LogP contribution in [0.25, 0.3) is 10.8 Å². The third-order valence-corrected chi connectivity index (χ3v) is 6.06. The lowest BCUT2D eigenvalue weighted by atomic mass is 10.1. The van der Waals surface area contributed by atoms with E-state index in [0.29, 0.717) is 18.0 Å².